The Balaban J connectivity index is 2.48. The summed E-state index contributed by atoms with van der Waals surface area (Å²) in [5.41, 5.74) is -0.469. The SMILES string of the molecule is CC[C@@H]1CCN(C(=O)OC(C)(C)C)C[C@@H]1O. The summed E-state index contributed by atoms with van der Waals surface area (Å²) in [6, 6.07) is 0. The molecule has 1 aliphatic heterocycles. The molecule has 1 rings (SSSR count). The topological polar surface area (TPSA) is 49.8 Å². The zero-order valence-corrected chi connectivity index (χ0v) is 10.7. The molecule has 1 fully saturated rings. The second kappa shape index (κ2) is 5.04. The van der Waals surface area contributed by atoms with Gasteiger partial charge in [-0.05, 0) is 33.1 Å². The summed E-state index contributed by atoms with van der Waals surface area (Å²) in [6.07, 6.45) is 1.09. The number of carbonyl (C=O) groups excluding carboxylic acids is 1. The fourth-order valence-corrected chi connectivity index (χ4v) is 1.95. The van der Waals surface area contributed by atoms with Gasteiger partial charge in [-0.1, -0.05) is 13.3 Å². The van der Waals surface area contributed by atoms with Crippen LogP contribution in [0.4, 0.5) is 4.79 Å². The molecule has 1 N–H and O–H groups in total. The predicted molar refractivity (Wildman–Crippen MR) is 62.2 cm³/mol. The quantitative estimate of drug-likeness (QED) is 0.748. The fourth-order valence-electron chi connectivity index (χ4n) is 1.95. The van der Waals surface area contributed by atoms with Crippen LogP contribution >= 0.6 is 0 Å². The Bertz CT molecular complexity index is 247. The highest BCUT2D eigenvalue weighted by Crippen LogP contribution is 2.22. The van der Waals surface area contributed by atoms with Gasteiger partial charge in [-0.25, -0.2) is 4.79 Å². The maximum absolute atomic E-state index is 11.7. The Kier molecular flexibility index (Phi) is 4.19. The Hall–Kier alpha value is -0.770. The van der Waals surface area contributed by atoms with E-state index in [-0.39, 0.29) is 6.09 Å². The minimum absolute atomic E-state index is 0.318. The molecule has 0 aromatic heterocycles. The van der Waals surface area contributed by atoms with E-state index in [1.807, 2.05) is 20.8 Å². The first kappa shape index (κ1) is 13.3. The standard InChI is InChI=1S/C12H23NO3/c1-5-9-6-7-13(8-10(9)14)11(15)16-12(2,3)4/h9-10,14H,5-8H2,1-4H3/t9-,10+/m1/s1. The van der Waals surface area contributed by atoms with Crippen molar-refractivity contribution in [1.29, 1.82) is 0 Å². The van der Waals surface area contributed by atoms with Crippen molar-refractivity contribution < 1.29 is 14.6 Å². The summed E-state index contributed by atoms with van der Waals surface area (Å²) < 4.78 is 5.27. The largest absolute Gasteiger partial charge is 0.444 e. The third kappa shape index (κ3) is 3.67. The average molecular weight is 229 g/mol. The molecule has 16 heavy (non-hydrogen) atoms. The molecule has 0 saturated carbocycles. The van der Waals surface area contributed by atoms with Gasteiger partial charge in [0.05, 0.1) is 12.6 Å². The Morgan fingerprint density at radius 3 is 2.56 bits per heavy atom. The molecule has 0 unspecified atom stereocenters. The van der Waals surface area contributed by atoms with Gasteiger partial charge >= 0.3 is 6.09 Å². The van der Waals surface area contributed by atoms with Crippen molar-refractivity contribution in [2.75, 3.05) is 13.1 Å². The van der Waals surface area contributed by atoms with Crippen LogP contribution in [-0.2, 0) is 4.74 Å². The lowest BCUT2D eigenvalue weighted by Crippen LogP contribution is -2.48. The van der Waals surface area contributed by atoms with Crippen molar-refractivity contribution in [3.8, 4) is 0 Å². The molecule has 0 aromatic rings. The number of hydrogen-bond donors (Lipinski definition) is 1. The van der Waals surface area contributed by atoms with Gasteiger partial charge in [0.1, 0.15) is 5.60 Å². The number of rotatable bonds is 1. The van der Waals surface area contributed by atoms with Crippen LogP contribution in [0, 0.1) is 5.92 Å². The van der Waals surface area contributed by atoms with Crippen LogP contribution in [0.2, 0.25) is 0 Å². The number of aliphatic hydroxyl groups excluding tert-OH is 1. The number of carbonyl (C=O) groups is 1. The summed E-state index contributed by atoms with van der Waals surface area (Å²) in [5, 5.41) is 9.84. The summed E-state index contributed by atoms with van der Waals surface area (Å²) >= 11 is 0. The highest BCUT2D eigenvalue weighted by molar-refractivity contribution is 5.68. The van der Waals surface area contributed by atoms with E-state index < -0.39 is 11.7 Å². The smallest absolute Gasteiger partial charge is 0.410 e. The number of aliphatic hydroxyl groups is 1. The summed E-state index contributed by atoms with van der Waals surface area (Å²) in [6.45, 7) is 8.69. The van der Waals surface area contributed by atoms with Gasteiger partial charge in [0.2, 0.25) is 0 Å². The molecule has 0 aliphatic carbocycles. The van der Waals surface area contributed by atoms with E-state index in [0.29, 0.717) is 19.0 Å². The number of ether oxygens (including phenoxy) is 1. The van der Waals surface area contributed by atoms with Crippen molar-refractivity contribution >= 4 is 6.09 Å². The molecule has 4 nitrogen and oxygen atoms in total. The number of nitrogens with zero attached hydrogens (tertiary/aromatic N) is 1. The molecular formula is C12H23NO3. The lowest BCUT2D eigenvalue weighted by atomic mass is 9.92. The highest BCUT2D eigenvalue weighted by atomic mass is 16.6. The summed E-state index contributed by atoms with van der Waals surface area (Å²) in [7, 11) is 0. The second-order valence-electron chi connectivity index (χ2n) is 5.45. The molecule has 0 aromatic carbocycles. The lowest BCUT2D eigenvalue weighted by Gasteiger charge is -2.36. The van der Waals surface area contributed by atoms with Crippen LogP contribution in [0.3, 0.4) is 0 Å². The van der Waals surface area contributed by atoms with Gasteiger partial charge in [-0.15, -0.1) is 0 Å². The third-order valence-electron chi connectivity index (χ3n) is 2.90. The van der Waals surface area contributed by atoms with Crippen LogP contribution in [0.1, 0.15) is 40.5 Å². The maximum atomic E-state index is 11.7. The van der Waals surface area contributed by atoms with Crippen LogP contribution < -0.4 is 0 Å². The first-order chi connectivity index (χ1) is 7.33. The normalized spacial score (nSPS) is 26.7. The van der Waals surface area contributed by atoms with Crippen LogP contribution in [0.25, 0.3) is 0 Å². The van der Waals surface area contributed by atoms with Crippen molar-refractivity contribution in [3.63, 3.8) is 0 Å². The first-order valence-corrected chi connectivity index (χ1v) is 5.99. The van der Waals surface area contributed by atoms with E-state index in [1.54, 1.807) is 4.90 Å². The van der Waals surface area contributed by atoms with Crippen molar-refractivity contribution in [1.82, 2.24) is 4.90 Å². The number of piperidine rings is 1. The van der Waals surface area contributed by atoms with Crippen molar-refractivity contribution in [3.05, 3.63) is 0 Å². The number of amides is 1. The van der Waals surface area contributed by atoms with E-state index in [1.165, 1.54) is 0 Å². The molecule has 1 aliphatic rings. The molecule has 1 amide bonds. The molecule has 0 spiro atoms. The summed E-state index contributed by atoms with van der Waals surface area (Å²) in [4.78, 5) is 13.3. The van der Waals surface area contributed by atoms with E-state index in [0.717, 1.165) is 12.8 Å². The number of β-amino-alcohol motifs (C(OH)–C–C–N with tert-alkyl or cyclic N) is 1. The molecule has 1 heterocycles. The van der Waals surface area contributed by atoms with Crippen molar-refractivity contribution in [2.24, 2.45) is 5.92 Å². The Morgan fingerprint density at radius 2 is 2.12 bits per heavy atom. The fraction of sp³-hybridized carbons (Fsp3) is 0.917. The molecule has 2 atom stereocenters. The molecule has 0 radical (unpaired) electrons. The molecule has 4 heteroatoms. The zero-order valence-electron chi connectivity index (χ0n) is 10.7. The minimum atomic E-state index is -0.469. The maximum Gasteiger partial charge on any atom is 0.410 e. The average Bonchev–Trinajstić information content (AvgIpc) is 2.15. The monoisotopic (exact) mass is 229 g/mol. The van der Waals surface area contributed by atoms with Crippen LogP contribution in [0.5, 0.6) is 0 Å². The lowest BCUT2D eigenvalue weighted by molar-refractivity contribution is -0.0132. The van der Waals surface area contributed by atoms with Crippen molar-refractivity contribution in [2.45, 2.75) is 52.2 Å². The minimum Gasteiger partial charge on any atom is -0.444 e. The van der Waals surface area contributed by atoms with Crippen LogP contribution in [-0.4, -0.2) is 40.9 Å². The van der Waals surface area contributed by atoms with E-state index >= 15 is 0 Å². The van der Waals surface area contributed by atoms with E-state index in [9.17, 15) is 9.90 Å². The molecular weight excluding hydrogens is 206 g/mol. The van der Waals surface area contributed by atoms with Gasteiger partial charge in [0, 0.05) is 6.54 Å². The van der Waals surface area contributed by atoms with Crippen LogP contribution in [0.15, 0.2) is 0 Å². The second-order valence-corrected chi connectivity index (χ2v) is 5.45. The van der Waals surface area contributed by atoms with Gasteiger partial charge in [0.15, 0.2) is 0 Å². The zero-order chi connectivity index (χ0) is 12.3. The number of likely N-dealkylation sites (tertiary alicyclic amines) is 1. The predicted octanol–water partition coefficient (Wildman–Crippen LogP) is 2.01. The van der Waals surface area contributed by atoms with Gasteiger partial charge in [-0.3, -0.25) is 0 Å². The third-order valence-corrected chi connectivity index (χ3v) is 2.90. The highest BCUT2D eigenvalue weighted by Gasteiger charge is 2.31. The van der Waals surface area contributed by atoms with Gasteiger partial charge < -0.3 is 14.7 Å². The molecule has 1 saturated heterocycles. The van der Waals surface area contributed by atoms with E-state index in [2.05, 4.69) is 6.92 Å². The number of hydrogen-bond acceptors (Lipinski definition) is 3. The van der Waals surface area contributed by atoms with Gasteiger partial charge in [-0.2, -0.15) is 0 Å². The Labute approximate surface area is 97.6 Å². The molecule has 0 bridgehead atoms. The van der Waals surface area contributed by atoms with E-state index in [4.69, 9.17) is 4.74 Å². The Morgan fingerprint density at radius 1 is 1.50 bits per heavy atom. The first-order valence-electron chi connectivity index (χ1n) is 5.99. The summed E-state index contributed by atoms with van der Waals surface area (Å²) in [5.74, 6) is 0.318. The molecule has 94 valence electrons. The van der Waals surface area contributed by atoms with Gasteiger partial charge in [0.25, 0.3) is 0 Å².